The van der Waals surface area contributed by atoms with Crippen LogP contribution in [0.15, 0.2) is 84.9 Å². The molecule has 9 heteroatoms. The first-order valence-corrected chi connectivity index (χ1v) is 16.3. The van der Waals surface area contributed by atoms with Gasteiger partial charge in [-0.1, -0.05) is 72.8 Å². The van der Waals surface area contributed by atoms with E-state index < -0.39 is 18.1 Å². The van der Waals surface area contributed by atoms with Gasteiger partial charge >= 0.3 is 0 Å². The van der Waals surface area contributed by atoms with E-state index in [1.165, 1.54) is 0 Å². The van der Waals surface area contributed by atoms with Gasteiger partial charge in [-0.25, -0.2) is 0 Å². The first-order chi connectivity index (χ1) is 22.3. The van der Waals surface area contributed by atoms with Crippen molar-refractivity contribution in [3.8, 4) is 5.75 Å². The van der Waals surface area contributed by atoms with Crippen molar-refractivity contribution >= 4 is 17.7 Å². The molecule has 0 bridgehead atoms. The monoisotopic (exact) mass is 627 g/mol. The molecular formula is C37H49N5O4. The lowest BCUT2D eigenvalue weighted by atomic mass is 10.0. The number of nitrogens with two attached hydrogens (primary N) is 1. The molecule has 0 unspecified atom stereocenters. The third-order valence-corrected chi connectivity index (χ3v) is 8.85. The van der Waals surface area contributed by atoms with Crippen molar-refractivity contribution in [3.05, 3.63) is 102 Å². The van der Waals surface area contributed by atoms with Crippen molar-refractivity contribution in [1.29, 1.82) is 0 Å². The fourth-order valence-corrected chi connectivity index (χ4v) is 5.95. The van der Waals surface area contributed by atoms with E-state index in [1.807, 2.05) is 82.6 Å². The molecule has 1 saturated heterocycles. The summed E-state index contributed by atoms with van der Waals surface area (Å²) in [5, 5.41) is 5.97. The van der Waals surface area contributed by atoms with Gasteiger partial charge in [-0.3, -0.25) is 14.4 Å². The molecule has 0 radical (unpaired) electrons. The smallest absolute Gasteiger partial charge is 0.245 e. The minimum atomic E-state index is -0.726. The summed E-state index contributed by atoms with van der Waals surface area (Å²) in [5.74, 6) is 0.294. The minimum Gasteiger partial charge on any atom is -0.497 e. The van der Waals surface area contributed by atoms with E-state index in [-0.39, 0.29) is 23.8 Å². The molecular weight excluding hydrogens is 578 g/mol. The molecule has 3 amide bonds. The predicted molar refractivity (Wildman–Crippen MR) is 181 cm³/mol. The highest BCUT2D eigenvalue weighted by Gasteiger charge is 2.36. The molecule has 4 rings (SSSR count). The SMILES string of the molecule is CN[C@@H](C)C(=O)N[C@@H](CCc1ccccc1)C(=O)N1CCC[C@H]1CN(CCc1ccccc1)C(=O)[C@H](N)Cc1ccc(OC)cc1. The number of carbonyl (C=O) groups excluding carboxylic acids is 3. The molecule has 4 N–H and O–H groups in total. The first-order valence-electron chi connectivity index (χ1n) is 16.3. The van der Waals surface area contributed by atoms with Crippen LogP contribution >= 0.6 is 0 Å². The number of nitrogens with one attached hydrogen (secondary N) is 2. The van der Waals surface area contributed by atoms with Crippen LogP contribution < -0.4 is 21.1 Å². The Morgan fingerprint density at radius 3 is 2.17 bits per heavy atom. The number of carbonyl (C=O) groups is 3. The van der Waals surface area contributed by atoms with Crippen LogP contribution in [0.3, 0.4) is 0 Å². The van der Waals surface area contributed by atoms with E-state index in [4.69, 9.17) is 10.5 Å². The number of methoxy groups -OCH3 is 1. The fraction of sp³-hybridized carbons (Fsp3) is 0.432. The first kappa shape index (κ1) is 34.7. The molecule has 3 aromatic carbocycles. The Bertz CT molecular complexity index is 1390. The largest absolute Gasteiger partial charge is 0.497 e. The lowest BCUT2D eigenvalue weighted by Gasteiger charge is -2.34. The molecule has 0 saturated carbocycles. The van der Waals surface area contributed by atoms with Crippen LogP contribution in [0.5, 0.6) is 5.75 Å². The second-order valence-electron chi connectivity index (χ2n) is 12.1. The number of likely N-dealkylation sites (tertiary alicyclic amines) is 1. The predicted octanol–water partition coefficient (Wildman–Crippen LogP) is 3.35. The van der Waals surface area contributed by atoms with E-state index in [0.29, 0.717) is 45.3 Å². The summed E-state index contributed by atoms with van der Waals surface area (Å²) >= 11 is 0. The zero-order chi connectivity index (χ0) is 32.9. The van der Waals surface area contributed by atoms with Crippen molar-refractivity contribution in [3.63, 3.8) is 0 Å². The number of rotatable bonds is 16. The van der Waals surface area contributed by atoms with E-state index in [1.54, 1.807) is 21.1 Å². The number of aryl methyl sites for hydroxylation is 1. The molecule has 1 fully saturated rings. The Labute approximate surface area is 273 Å². The number of hydrogen-bond acceptors (Lipinski definition) is 6. The molecule has 9 nitrogen and oxygen atoms in total. The summed E-state index contributed by atoms with van der Waals surface area (Å²) in [7, 11) is 3.34. The van der Waals surface area contributed by atoms with Crippen molar-refractivity contribution in [2.45, 2.75) is 69.6 Å². The van der Waals surface area contributed by atoms with Gasteiger partial charge in [0.2, 0.25) is 17.7 Å². The van der Waals surface area contributed by atoms with E-state index in [2.05, 4.69) is 22.8 Å². The third-order valence-electron chi connectivity index (χ3n) is 8.85. The second kappa shape index (κ2) is 17.5. The van der Waals surface area contributed by atoms with Crippen LogP contribution in [0.4, 0.5) is 0 Å². The maximum absolute atomic E-state index is 14.1. The maximum Gasteiger partial charge on any atom is 0.245 e. The molecule has 0 aromatic heterocycles. The second-order valence-corrected chi connectivity index (χ2v) is 12.1. The van der Waals surface area contributed by atoms with Gasteiger partial charge in [-0.2, -0.15) is 0 Å². The van der Waals surface area contributed by atoms with Crippen LogP contribution in [0, 0.1) is 0 Å². The maximum atomic E-state index is 14.1. The highest BCUT2D eigenvalue weighted by atomic mass is 16.5. The van der Waals surface area contributed by atoms with Gasteiger partial charge in [0.1, 0.15) is 11.8 Å². The molecule has 3 aromatic rings. The van der Waals surface area contributed by atoms with Crippen molar-refractivity contribution in [2.75, 3.05) is 33.8 Å². The van der Waals surface area contributed by atoms with E-state index in [0.717, 1.165) is 35.3 Å². The van der Waals surface area contributed by atoms with Gasteiger partial charge in [-0.05, 0) is 81.3 Å². The number of benzene rings is 3. The average molecular weight is 628 g/mol. The molecule has 0 spiro atoms. The molecule has 46 heavy (non-hydrogen) atoms. The quantitative estimate of drug-likeness (QED) is 0.224. The Kier molecular flexibility index (Phi) is 13.2. The number of amides is 3. The van der Waals surface area contributed by atoms with Gasteiger partial charge < -0.3 is 30.9 Å². The highest BCUT2D eigenvalue weighted by molar-refractivity contribution is 5.90. The summed E-state index contributed by atoms with van der Waals surface area (Å²) in [6.45, 7) is 3.24. The minimum absolute atomic E-state index is 0.104. The Balaban J connectivity index is 1.50. The molecule has 4 atom stereocenters. The van der Waals surface area contributed by atoms with Crippen molar-refractivity contribution in [2.24, 2.45) is 5.73 Å². The number of ether oxygens (including phenoxy) is 1. The highest BCUT2D eigenvalue weighted by Crippen LogP contribution is 2.22. The number of hydrogen-bond donors (Lipinski definition) is 3. The lowest BCUT2D eigenvalue weighted by Crippen LogP contribution is -2.56. The standard InChI is InChI=1S/C37H49N5O4/c1-27(39-2)35(43)40-34(21-18-28-11-6-4-7-12-28)37(45)42-23-10-15-31(42)26-41(24-22-29-13-8-5-9-14-29)36(44)33(38)25-30-16-19-32(46-3)20-17-30/h4-9,11-14,16-17,19-20,27,31,33-34,39H,10,15,18,21-26,38H2,1-3H3,(H,40,43)/t27-,31-,33+,34-/m0/s1. The Hall–Kier alpha value is -4.21. The topological polar surface area (TPSA) is 117 Å². The van der Waals surface area contributed by atoms with Crippen molar-refractivity contribution < 1.29 is 19.1 Å². The van der Waals surface area contributed by atoms with Gasteiger partial charge in [0, 0.05) is 25.7 Å². The third kappa shape index (κ3) is 9.89. The lowest BCUT2D eigenvalue weighted by molar-refractivity contribution is -0.140. The normalized spacial score (nSPS) is 16.3. The zero-order valence-corrected chi connectivity index (χ0v) is 27.4. The summed E-state index contributed by atoms with van der Waals surface area (Å²) in [6, 6.07) is 25.6. The van der Waals surface area contributed by atoms with Crippen LogP contribution in [0.2, 0.25) is 0 Å². The van der Waals surface area contributed by atoms with Gasteiger partial charge in [-0.15, -0.1) is 0 Å². The molecule has 246 valence electrons. The molecule has 1 aliphatic heterocycles. The van der Waals surface area contributed by atoms with E-state index >= 15 is 0 Å². The Morgan fingerprint density at radius 1 is 0.935 bits per heavy atom. The van der Waals surface area contributed by atoms with Gasteiger partial charge in [0.15, 0.2) is 0 Å². The average Bonchev–Trinajstić information content (AvgIpc) is 3.56. The van der Waals surface area contributed by atoms with Crippen LogP contribution in [0.1, 0.15) is 42.9 Å². The van der Waals surface area contributed by atoms with Gasteiger partial charge in [0.05, 0.1) is 19.2 Å². The van der Waals surface area contributed by atoms with E-state index in [9.17, 15) is 14.4 Å². The summed E-state index contributed by atoms with van der Waals surface area (Å²) in [5.41, 5.74) is 9.73. The zero-order valence-electron chi connectivity index (χ0n) is 27.4. The molecule has 1 aliphatic rings. The van der Waals surface area contributed by atoms with Crippen LogP contribution in [-0.2, 0) is 33.6 Å². The number of likely N-dealkylation sites (N-methyl/N-ethyl adjacent to an activating group) is 1. The number of nitrogens with zero attached hydrogens (tertiary/aromatic N) is 2. The van der Waals surface area contributed by atoms with Crippen LogP contribution in [0.25, 0.3) is 0 Å². The summed E-state index contributed by atoms with van der Waals surface area (Å²) in [6.07, 6.45) is 3.83. The molecule has 1 heterocycles. The van der Waals surface area contributed by atoms with Gasteiger partial charge in [0.25, 0.3) is 0 Å². The summed E-state index contributed by atoms with van der Waals surface area (Å²) in [4.78, 5) is 44.7. The fourth-order valence-electron chi connectivity index (χ4n) is 5.95. The summed E-state index contributed by atoms with van der Waals surface area (Å²) < 4.78 is 5.27. The van der Waals surface area contributed by atoms with Crippen molar-refractivity contribution in [1.82, 2.24) is 20.4 Å². The van der Waals surface area contributed by atoms with Crippen LogP contribution in [-0.4, -0.2) is 85.5 Å². The Morgan fingerprint density at radius 2 is 1.57 bits per heavy atom. The molecule has 0 aliphatic carbocycles.